The largest absolute Gasteiger partial charge is 0.337 e. The Kier molecular flexibility index (Phi) is 14.6. The van der Waals surface area contributed by atoms with E-state index >= 15 is 0 Å². The van der Waals surface area contributed by atoms with Crippen molar-refractivity contribution in [3.63, 3.8) is 0 Å². The Labute approximate surface area is 773 Å². The first-order valence-corrected chi connectivity index (χ1v) is 41.7. The number of nitrogens with zero attached hydrogens (tertiary/aromatic N) is 4. The van der Waals surface area contributed by atoms with E-state index in [1.54, 1.807) is 0 Å². The van der Waals surface area contributed by atoms with Crippen molar-refractivity contribution in [2.75, 3.05) is 40.1 Å². The topological polar surface area (TPSA) is 473 Å². The molecule has 4 aromatic carbocycles. The van der Waals surface area contributed by atoms with E-state index in [-0.39, 0.29) is 81.0 Å². The molecule has 0 unspecified atom stereocenters. The Bertz CT molecular complexity index is 8670. The lowest BCUT2D eigenvalue weighted by Gasteiger charge is -2.14. The molecule has 0 saturated carbocycles. The molecule has 0 aliphatic carbocycles. The number of thiophene rings is 4. The molecule has 0 spiro atoms. The molecule has 0 atom stereocenters. The molecule has 0 fully saturated rings. The average Bonchev–Trinajstić information content (AvgIpc) is 0.975. The SMILES string of the molecule is [2H]c1c(C(C)=O)c(N([2H])C(=O)c2sccc2S(=O)(=O)N([2H])c2onc(C([2H])([2H])[2H])c2C)c(C([2H])([2H])[2H])c([2H])c1C([2H])([2H])[2H].[2H]c1c(C(C)=O)c(N([2H])C(=O)c2sccc2S(=O)(=O)N([2H])c2onc(C)c2C([2H])([2H])[2H])c(C([2H])([2H])[2H])c([2H])c1C([2H])([2H])[2H].[2H]c1c(C(C)=O)c(N([2H])C(=O)c2sccc2S(=O)(=O)N([2H])c2onc(C)c2C)c(C([2H])([2H])[2H])c([2H])c1C([2H])([2H])[2H].[2H]c1c(C)c([2H])c(C(C)=O)c(N([2H])C(=O)c2sccc2S(=O)(=O)N([2H])c2onc(C([2H])([2H])[2H])c2C([2H])([2H])[2H])c1C. The second-order valence-corrected chi connectivity index (χ2v) is 33.8. The van der Waals surface area contributed by atoms with Gasteiger partial charge in [0.15, 0.2) is 34.4 Å². The van der Waals surface area contributed by atoms with Gasteiger partial charge in [-0.2, -0.15) is 0 Å². The summed E-state index contributed by atoms with van der Waals surface area (Å²) in [6.45, 7) is -20.3. The van der Waals surface area contributed by atoms with E-state index in [1.807, 2.05) is 0 Å². The number of ketones is 4. The van der Waals surface area contributed by atoms with Crippen LogP contribution < -0.4 is 40.1 Å². The summed E-state index contributed by atoms with van der Waals surface area (Å²) in [5.41, 5.74) is -17.2. The molecule has 4 amide bonds. The summed E-state index contributed by atoms with van der Waals surface area (Å²) in [7, 11) is -20.2. The number of carbonyl (C=O) groups is 8. The zero-order valence-electron chi connectivity index (χ0n) is 108. The van der Waals surface area contributed by atoms with Gasteiger partial charge in [-0.1, -0.05) is 44.8 Å². The minimum absolute atomic E-state index is 0.00584. The van der Waals surface area contributed by atoms with Crippen LogP contribution in [-0.2, 0) is 40.1 Å². The lowest BCUT2D eigenvalue weighted by Crippen LogP contribution is -2.20. The van der Waals surface area contributed by atoms with Gasteiger partial charge >= 0.3 is 0 Å². The lowest BCUT2D eigenvalue weighted by molar-refractivity contribution is 0.100. The molecule has 8 heterocycles. The molecule has 0 radical (unpaired) electrons. The second-order valence-electron chi connectivity index (χ2n) is 23.8. The molecule has 0 bridgehead atoms. The molecule has 12 rings (SSSR count). The number of nitrogens with one attached hydrogen (secondary N) is 8. The van der Waals surface area contributed by atoms with Crippen molar-refractivity contribution in [3.05, 3.63) is 225 Å². The van der Waals surface area contributed by atoms with Gasteiger partial charge in [-0.3, -0.25) is 38.4 Å². The zero-order chi connectivity index (χ0) is 128. The van der Waals surface area contributed by atoms with Gasteiger partial charge < -0.3 is 39.3 Å². The van der Waals surface area contributed by atoms with Crippen LogP contribution in [0.3, 0.4) is 0 Å². The number of rotatable bonds is 24. The lowest BCUT2D eigenvalue weighted by atomic mass is 10.0. The van der Waals surface area contributed by atoms with Crippen LogP contribution in [0.4, 0.5) is 46.3 Å². The summed E-state index contributed by atoms with van der Waals surface area (Å²) in [5, 5.41) is 17.4. The third kappa shape index (κ3) is 21.0. The molecular weight excluding hydrogens is 1710 g/mol. The van der Waals surface area contributed by atoms with Crippen molar-refractivity contribution < 1.29 is 154 Å². The van der Waals surface area contributed by atoms with Gasteiger partial charge in [-0.25, -0.2) is 52.5 Å². The number of sulfonamides is 4. The van der Waals surface area contributed by atoms with E-state index in [9.17, 15) is 72.0 Å². The maximum atomic E-state index is 13.6. The van der Waals surface area contributed by atoms with Crippen LogP contribution in [-0.4, -0.2) is 101 Å². The van der Waals surface area contributed by atoms with Crippen LogP contribution in [0.25, 0.3) is 0 Å². The Morgan fingerprint density at radius 1 is 0.325 bits per heavy atom. The summed E-state index contributed by atoms with van der Waals surface area (Å²) in [4.78, 5) is 97.8. The number of amides is 4. The Morgan fingerprint density at radius 3 is 0.825 bits per heavy atom. The average molecular weight is 1840 g/mol. The Hall–Kier alpha value is -11.9. The van der Waals surface area contributed by atoms with Gasteiger partial charge in [0.25, 0.3) is 63.7 Å². The van der Waals surface area contributed by atoms with Gasteiger partial charge in [0.05, 0.1) is 56.5 Å². The maximum Gasteiger partial charge on any atom is 0.267 e. The van der Waals surface area contributed by atoms with Crippen molar-refractivity contribution >= 4 is 178 Å². The van der Waals surface area contributed by atoms with Crippen LogP contribution in [0.15, 0.2) is 132 Å². The van der Waals surface area contributed by atoms with Crippen molar-refractivity contribution in [2.24, 2.45) is 0 Å². The van der Waals surface area contributed by atoms with Crippen molar-refractivity contribution in [3.8, 4) is 0 Å². The van der Waals surface area contributed by atoms with Crippen LogP contribution in [0, 0.1) is 110 Å². The molecule has 32 nitrogen and oxygen atoms in total. The third-order valence-corrected chi connectivity index (χ3v) is 24.6. The van der Waals surface area contributed by atoms with Gasteiger partial charge in [0, 0.05) is 85.6 Å². The fraction of sp³-hybridized carbons (Fsp3) is 0.250. The van der Waals surface area contributed by atoms with E-state index < -0.39 is 354 Å². The van der Waals surface area contributed by atoms with E-state index in [0.717, 1.165) is 80.4 Å². The monoisotopic (exact) mass is 1830 g/mol. The first kappa shape index (κ1) is 47.2. The fourth-order valence-electron chi connectivity index (χ4n) is 9.41. The number of benzene rings is 4. The molecule has 0 aliphatic heterocycles. The second kappa shape index (κ2) is 37.2. The molecule has 632 valence electrons. The molecule has 0 saturated heterocycles. The molecule has 40 heteroatoms. The van der Waals surface area contributed by atoms with Gasteiger partial charge in [0.1, 0.15) is 39.1 Å². The molecule has 0 aliphatic rings. The number of hydrogen-bond acceptors (Lipinski definition) is 28. The maximum absolute atomic E-state index is 13.6. The van der Waals surface area contributed by atoms with Gasteiger partial charge in [0.2, 0.25) is 23.5 Å². The normalized spacial score (nSPS) is 18.0. The van der Waals surface area contributed by atoms with Crippen molar-refractivity contribution in [2.45, 2.75) is 157 Å². The number of carbonyl (C=O) groups excluding carboxylic acids is 8. The highest BCUT2D eigenvalue weighted by Gasteiger charge is 2.33. The van der Waals surface area contributed by atoms with Gasteiger partial charge in [-0.15, -0.1) is 45.3 Å². The van der Waals surface area contributed by atoms with Crippen LogP contribution >= 0.6 is 45.3 Å². The Morgan fingerprint density at radius 2 is 0.567 bits per heavy atom. The summed E-state index contributed by atoms with van der Waals surface area (Å²) in [6.07, 6.45) is 0. The summed E-state index contributed by atoms with van der Waals surface area (Å²) >= 11 is 1.90. The molecule has 8 aromatic heterocycles. The first-order chi connectivity index (χ1) is 75.0. The Balaban J connectivity index is 0.000000243. The molecule has 8 N–H and O–H groups in total. The number of anilines is 8. The minimum atomic E-state index is -5.15. The van der Waals surface area contributed by atoms with E-state index in [4.69, 9.17) is 77.0 Å². The van der Waals surface area contributed by atoms with Crippen molar-refractivity contribution in [1.82, 2.24) is 20.6 Å². The van der Waals surface area contributed by atoms with E-state index in [0.29, 0.717) is 51.0 Å². The van der Waals surface area contributed by atoms with Crippen LogP contribution in [0.5, 0.6) is 0 Å². The number of hydrogen-bond donors (Lipinski definition) is 8. The van der Waals surface area contributed by atoms with Gasteiger partial charge in [-0.05, 0) is 252 Å². The third-order valence-electron chi connectivity index (χ3n) is 15.2. The first-order valence-electron chi connectivity index (χ1n) is 55.0. The molecular formula is C80H84N12O20S8. The number of aromatic nitrogens is 4. The minimum Gasteiger partial charge on any atom is -0.337 e. The summed E-state index contributed by atoms with van der Waals surface area (Å²) < 4.78 is 488. The van der Waals surface area contributed by atoms with Crippen LogP contribution in [0.1, 0.15) is 249 Å². The smallest absolute Gasteiger partial charge is 0.267 e. The standard InChI is InChI=1S/4C20H21N3O5S2/c4*1-10-8-11(2)17(15(9-10)14(5)24)21-19(25)18-16(6-7-29-18)30(26,27)23-20-12(3)13(4)22-28-20/h4*6-9,23H,1-5H3,(H,21,25)/i1D3,2D3,4D3,8D,9D;1D3,2D3,3D3,8D,9D;3D3,4D3,8D,9D;1D3,2D3,8D,9D/hD8. The quantitative estimate of drug-likeness (QED) is 0.0260. The van der Waals surface area contributed by atoms with Crippen LogP contribution in [0.2, 0.25) is 11.3 Å². The molecule has 120 heavy (non-hydrogen) atoms. The summed E-state index contributed by atoms with van der Waals surface area (Å²) in [5.74, 6) is -13.5. The molecule has 12 aromatic rings. The van der Waals surface area contributed by atoms with E-state index in [2.05, 4.69) is 25.1 Å². The predicted molar refractivity (Wildman–Crippen MR) is 460 cm³/mol. The highest BCUT2D eigenvalue weighted by molar-refractivity contribution is 7.94. The number of aryl methyl sites for hydroxylation is 4. The summed E-state index contributed by atoms with van der Waals surface area (Å²) in [6, 6.07) is -4.03. The highest BCUT2D eigenvalue weighted by atomic mass is 32.2. The number of Topliss-reactive ketones (excluding diaryl/α,β-unsaturated/α-hetero) is 4. The highest BCUT2D eigenvalue weighted by Crippen LogP contribution is 2.36. The van der Waals surface area contributed by atoms with E-state index in [1.165, 1.54) is 34.6 Å². The zero-order valence-corrected chi connectivity index (χ0v) is 68.9. The fourth-order valence-corrected chi connectivity index (χ4v) is 18.4. The van der Waals surface area contributed by atoms with Crippen molar-refractivity contribution in [1.29, 1.82) is 0 Å². The predicted octanol–water partition coefficient (Wildman–Crippen LogP) is 16.9.